The van der Waals surface area contributed by atoms with Crippen LogP contribution in [0, 0.1) is 0 Å². The van der Waals surface area contributed by atoms with E-state index in [4.69, 9.17) is 9.47 Å². The molecule has 0 saturated carbocycles. The number of likely N-dealkylation sites (tertiary alicyclic amines) is 1. The first-order chi connectivity index (χ1) is 15.2. The van der Waals surface area contributed by atoms with E-state index in [1.165, 1.54) is 9.80 Å². The van der Waals surface area contributed by atoms with Gasteiger partial charge in [0, 0.05) is 0 Å². The fourth-order valence-electron chi connectivity index (χ4n) is 4.36. The zero-order valence-corrected chi connectivity index (χ0v) is 18.7. The van der Waals surface area contributed by atoms with Gasteiger partial charge in [-0.05, 0) is 38.8 Å². The minimum absolute atomic E-state index is 0.176. The molecule has 2 aromatic rings. The van der Waals surface area contributed by atoms with Gasteiger partial charge in [0.05, 0.1) is 12.1 Å². The van der Waals surface area contributed by atoms with Crippen molar-refractivity contribution in [2.24, 2.45) is 0 Å². The molecule has 2 aliphatic heterocycles. The summed E-state index contributed by atoms with van der Waals surface area (Å²) in [6.45, 7) is 7.21. The van der Waals surface area contributed by atoms with Gasteiger partial charge in [0.2, 0.25) is 5.91 Å². The van der Waals surface area contributed by atoms with Crippen LogP contribution in [0.5, 0.6) is 0 Å². The molecule has 0 spiro atoms. The molecular weight excluding hydrogens is 408 g/mol. The standard InChI is InChI=1S/C25H28N2O5/c1-16(23(29)32-25(2,3)4)26-20(18-13-9-6-10-14-18)21(22(26)28)27-19(15-31-24(27)30)17-11-7-5-8-12-17/h5-14,16,19-21H,15H2,1-4H3/t16-,19+,20+,21-/m0/s1. The van der Waals surface area contributed by atoms with Crippen molar-refractivity contribution in [2.45, 2.75) is 57.5 Å². The highest BCUT2D eigenvalue weighted by Gasteiger charge is 2.59. The van der Waals surface area contributed by atoms with Gasteiger partial charge >= 0.3 is 12.1 Å². The summed E-state index contributed by atoms with van der Waals surface area (Å²) in [7, 11) is 0. The van der Waals surface area contributed by atoms with E-state index in [1.54, 1.807) is 27.7 Å². The van der Waals surface area contributed by atoms with Gasteiger partial charge < -0.3 is 14.4 Å². The Balaban J connectivity index is 1.68. The van der Waals surface area contributed by atoms with Gasteiger partial charge in [0.1, 0.15) is 24.3 Å². The lowest BCUT2D eigenvalue weighted by Crippen LogP contribution is -2.69. The van der Waals surface area contributed by atoms with E-state index >= 15 is 0 Å². The largest absolute Gasteiger partial charge is 0.458 e. The predicted molar refractivity (Wildman–Crippen MR) is 117 cm³/mol. The molecule has 2 fully saturated rings. The van der Waals surface area contributed by atoms with E-state index in [0.29, 0.717) is 0 Å². The highest BCUT2D eigenvalue weighted by atomic mass is 16.6. The van der Waals surface area contributed by atoms with Crippen LogP contribution in [0.15, 0.2) is 60.7 Å². The average Bonchev–Trinajstić information content (AvgIpc) is 3.12. The molecule has 32 heavy (non-hydrogen) atoms. The van der Waals surface area contributed by atoms with Gasteiger partial charge in [-0.15, -0.1) is 0 Å². The molecule has 4 atom stereocenters. The minimum atomic E-state index is -0.794. The maximum Gasteiger partial charge on any atom is 0.411 e. The number of hydrogen-bond donors (Lipinski definition) is 0. The van der Waals surface area contributed by atoms with E-state index < -0.39 is 35.8 Å². The Labute approximate surface area is 187 Å². The van der Waals surface area contributed by atoms with Crippen molar-refractivity contribution in [3.05, 3.63) is 71.8 Å². The zero-order valence-electron chi connectivity index (χ0n) is 18.7. The summed E-state index contributed by atoms with van der Waals surface area (Å²) in [6.07, 6.45) is -0.525. The molecule has 0 bridgehead atoms. The maximum atomic E-state index is 13.4. The quantitative estimate of drug-likeness (QED) is 0.526. The van der Waals surface area contributed by atoms with Gasteiger partial charge in [0.25, 0.3) is 0 Å². The van der Waals surface area contributed by atoms with E-state index in [9.17, 15) is 14.4 Å². The highest BCUT2D eigenvalue weighted by molar-refractivity contribution is 5.96. The summed E-state index contributed by atoms with van der Waals surface area (Å²) in [5.41, 5.74) is 1.08. The molecular formula is C25H28N2O5. The van der Waals surface area contributed by atoms with Crippen LogP contribution in [-0.2, 0) is 19.1 Å². The Hall–Kier alpha value is -3.35. The second-order valence-electron chi connectivity index (χ2n) is 9.17. The van der Waals surface area contributed by atoms with E-state index in [0.717, 1.165) is 11.1 Å². The first-order valence-corrected chi connectivity index (χ1v) is 10.8. The highest BCUT2D eigenvalue weighted by Crippen LogP contribution is 2.44. The maximum absolute atomic E-state index is 13.4. The summed E-state index contributed by atoms with van der Waals surface area (Å²) in [4.78, 5) is 42.0. The Bertz CT molecular complexity index is 1000. The van der Waals surface area contributed by atoms with Crippen LogP contribution in [0.1, 0.15) is 50.9 Å². The van der Waals surface area contributed by atoms with E-state index in [-0.39, 0.29) is 18.6 Å². The summed E-state index contributed by atoms with van der Waals surface area (Å²) in [6, 6.07) is 16.6. The van der Waals surface area contributed by atoms with E-state index in [1.807, 2.05) is 60.7 Å². The van der Waals surface area contributed by atoms with Crippen molar-refractivity contribution < 1.29 is 23.9 Å². The van der Waals surface area contributed by atoms with Crippen LogP contribution in [0.4, 0.5) is 4.79 Å². The molecule has 0 radical (unpaired) electrons. The van der Waals surface area contributed by atoms with Crippen molar-refractivity contribution in [3.63, 3.8) is 0 Å². The Morgan fingerprint density at radius 2 is 1.53 bits per heavy atom. The summed E-state index contributed by atoms with van der Waals surface area (Å²) >= 11 is 0. The van der Waals surface area contributed by atoms with Crippen LogP contribution in [0.2, 0.25) is 0 Å². The second kappa shape index (κ2) is 8.30. The van der Waals surface area contributed by atoms with Crippen LogP contribution >= 0.6 is 0 Å². The molecule has 0 unspecified atom stereocenters. The number of carbonyl (C=O) groups is 3. The summed E-state index contributed by atoms with van der Waals surface area (Å²) < 4.78 is 10.9. The zero-order chi connectivity index (χ0) is 23.0. The molecule has 2 saturated heterocycles. The second-order valence-corrected chi connectivity index (χ2v) is 9.17. The smallest absolute Gasteiger partial charge is 0.411 e. The van der Waals surface area contributed by atoms with Crippen LogP contribution in [0.3, 0.4) is 0 Å². The fraction of sp³-hybridized carbons (Fsp3) is 0.400. The van der Waals surface area contributed by atoms with Gasteiger partial charge in [-0.3, -0.25) is 9.69 Å². The molecule has 7 heteroatoms. The molecule has 2 aliphatic rings. The molecule has 2 heterocycles. The lowest BCUT2D eigenvalue weighted by Gasteiger charge is -2.52. The van der Waals surface area contributed by atoms with Crippen LogP contribution in [0.25, 0.3) is 0 Å². The number of hydrogen-bond acceptors (Lipinski definition) is 5. The van der Waals surface area contributed by atoms with Gasteiger partial charge in [-0.1, -0.05) is 60.7 Å². The molecule has 0 N–H and O–H groups in total. The molecule has 2 aromatic carbocycles. The van der Waals surface area contributed by atoms with E-state index in [2.05, 4.69) is 0 Å². The van der Waals surface area contributed by atoms with Crippen LogP contribution in [-0.4, -0.2) is 52.1 Å². The van der Waals surface area contributed by atoms with Gasteiger partial charge in [0.15, 0.2) is 0 Å². The summed E-state index contributed by atoms with van der Waals surface area (Å²) in [5.74, 6) is -0.772. The van der Waals surface area contributed by atoms with Crippen molar-refractivity contribution in [3.8, 4) is 0 Å². The number of β-lactam (4-membered cyclic amide) rings is 1. The third-order valence-corrected chi connectivity index (χ3v) is 5.81. The summed E-state index contributed by atoms with van der Waals surface area (Å²) in [5, 5.41) is 0. The van der Waals surface area contributed by atoms with Gasteiger partial charge in [-0.2, -0.15) is 0 Å². The minimum Gasteiger partial charge on any atom is -0.458 e. The number of rotatable bonds is 5. The van der Waals surface area contributed by atoms with Crippen LogP contribution < -0.4 is 0 Å². The van der Waals surface area contributed by atoms with Crippen molar-refractivity contribution >= 4 is 18.0 Å². The monoisotopic (exact) mass is 436 g/mol. The number of carbonyl (C=O) groups excluding carboxylic acids is 3. The molecule has 2 amide bonds. The number of benzene rings is 2. The van der Waals surface area contributed by atoms with Crippen molar-refractivity contribution in [1.29, 1.82) is 0 Å². The third kappa shape index (κ3) is 3.95. The molecule has 0 aromatic heterocycles. The number of esters is 1. The molecule has 4 rings (SSSR count). The average molecular weight is 437 g/mol. The topological polar surface area (TPSA) is 76.2 Å². The number of nitrogens with zero attached hydrogens (tertiary/aromatic N) is 2. The number of amides is 2. The third-order valence-electron chi connectivity index (χ3n) is 5.81. The number of cyclic esters (lactones) is 1. The lowest BCUT2D eigenvalue weighted by atomic mass is 9.84. The molecule has 7 nitrogen and oxygen atoms in total. The first kappa shape index (κ1) is 21.9. The van der Waals surface area contributed by atoms with Crippen molar-refractivity contribution in [1.82, 2.24) is 9.80 Å². The molecule has 168 valence electrons. The Kier molecular flexibility index (Phi) is 5.67. The Morgan fingerprint density at radius 1 is 0.969 bits per heavy atom. The molecule has 0 aliphatic carbocycles. The normalized spacial score (nSPS) is 24.1. The Morgan fingerprint density at radius 3 is 2.09 bits per heavy atom. The number of ether oxygens (including phenoxy) is 2. The van der Waals surface area contributed by atoms with Crippen molar-refractivity contribution in [2.75, 3.05) is 6.61 Å². The lowest BCUT2D eigenvalue weighted by molar-refractivity contribution is -0.178. The SMILES string of the molecule is C[C@@H](C(=O)OC(C)(C)C)N1C(=O)[C@@H](N2C(=O)OC[C@@H]2c2ccccc2)[C@H]1c1ccccc1. The van der Waals surface area contributed by atoms with Gasteiger partial charge in [-0.25, -0.2) is 9.59 Å². The first-order valence-electron chi connectivity index (χ1n) is 10.8. The predicted octanol–water partition coefficient (Wildman–Crippen LogP) is 3.86. The fourth-order valence-corrected chi connectivity index (χ4v) is 4.36.